The minimum absolute atomic E-state index is 0.197. The van der Waals surface area contributed by atoms with Crippen LogP contribution in [0.1, 0.15) is 32.6 Å². The average Bonchev–Trinajstić information content (AvgIpc) is 2.98. The Morgan fingerprint density at radius 2 is 2.06 bits per heavy atom. The van der Waals surface area contributed by atoms with Crippen LogP contribution in [0.25, 0.3) is 11.4 Å². The normalized spacial score (nSPS) is 14.9. The summed E-state index contributed by atoms with van der Waals surface area (Å²) in [5.41, 5.74) is 0.838. The molecule has 0 bridgehead atoms. The number of aromatic nitrogens is 2. The Morgan fingerprint density at radius 1 is 1.28 bits per heavy atom. The van der Waals surface area contributed by atoms with Crippen LogP contribution in [-0.4, -0.2) is 23.2 Å². The number of hydrogen-bond donors (Lipinski definition) is 1. The lowest BCUT2D eigenvalue weighted by Crippen LogP contribution is -2.32. The van der Waals surface area contributed by atoms with E-state index >= 15 is 0 Å². The topological polar surface area (TPSA) is 64.1 Å². The third-order valence-corrected chi connectivity index (χ3v) is 3.22. The molecule has 5 heteroatoms. The van der Waals surface area contributed by atoms with E-state index in [1.54, 1.807) is 12.5 Å². The molecule has 5 nitrogen and oxygen atoms in total. The molecular formula is C13H19N3O2. The molecule has 98 valence electrons. The fourth-order valence-electron chi connectivity index (χ4n) is 2.14. The van der Waals surface area contributed by atoms with E-state index in [2.05, 4.69) is 36.2 Å². The largest absolute Gasteiger partial charge is 0.472 e. The van der Waals surface area contributed by atoms with Crippen molar-refractivity contribution in [1.29, 1.82) is 0 Å². The van der Waals surface area contributed by atoms with Gasteiger partial charge in [-0.05, 0) is 26.0 Å². The van der Waals surface area contributed by atoms with Crippen LogP contribution in [0, 0.1) is 5.92 Å². The number of rotatable bonds is 5. The Bertz CT molecular complexity index is 476. The molecule has 2 aromatic heterocycles. The highest BCUT2D eigenvalue weighted by Crippen LogP contribution is 2.28. The van der Waals surface area contributed by atoms with Crippen molar-refractivity contribution in [2.45, 2.75) is 32.7 Å². The average molecular weight is 249 g/mol. The van der Waals surface area contributed by atoms with Gasteiger partial charge in [-0.25, -0.2) is 0 Å². The summed E-state index contributed by atoms with van der Waals surface area (Å²) in [6.07, 6.45) is 3.21. The van der Waals surface area contributed by atoms with Crippen LogP contribution in [0.3, 0.4) is 0 Å². The van der Waals surface area contributed by atoms with Gasteiger partial charge in [0.15, 0.2) is 0 Å². The molecule has 0 aliphatic carbocycles. The number of nitrogens with zero attached hydrogens (tertiary/aromatic N) is 2. The van der Waals surface area contributed by atoms with Crippen LogP contribution in [0.5, 0.6) is 0 Å². The van der Waals surface area contributed by atoms with Crippen molar-refractivity contribution in [1.82, 2.24) is 15.5 Å². The first-order valence-corrected chi connectivity index (χ1v) is 6.17. The lowest BCUT2D eigenvalue weighted by molar-refractivity contribution is 0.286. The van der Waals surface area contributed by atoms with Crippen LogP contribution >= 0.6 is 0 Å². The Morgan fingerprint density at radius 3 is 2.61 bits per heavy atom. The van der Waals surface area contributed by atoms with Gasteiger partial charge in [-0.15, -0.1) is 0 Å². The summed E-state index contributed by atoms with van der Waals surface area (Å²) in [4.78, 5) is 4.47. The van der Waals surface area contributed by atoms with E-state index in [9.17, 15) is 0 Å². The van der Waals surface area contributed by atoms with Crippen molar-refractivity contribution in [3.05, 3.63) is 24.5 Å². The van der Waals surface area contributed by atoms with Gasteiger partial charge in [0.2, 0.25) is 11.7 Å². The highest BCUT2D eigenvalue weighted by atomic mass is 16.5. The number of nitrogens with one attached hydrogen (secondary N) is 1. The van der Waals surface area contributed by atoms with E-state index in [4.69, 9.17) is 8.94 Å². The number of hydrogen-bond acceptors (Lipinski definition) is 5. The van der Waals surface area contributed by atoms with E-state index in [-0.39, 0.29) is 12.0 Å². The minimum atomic E-state index is 0.197. The Labute approximate surface area is 107 Å². The summed E-state index contributed by atoms with van der Waals surface area (Å²) in [6, 6.07) is 2.10. The summed E-state index contributed by atoms with van der Waals surface area (Å²) in [7, 11) is 1.94. The van der Waals surface area contributed by atoms with Crippen molar-refractivity contribution in [3.8, 4) is 11.4 Å². The standard InChI is InChI=1S/C13H19N3O2/c1-8(2)11(9(3)14-4)13-15-12(16-18-13)10-5-6-17-7-10/h5-9,11,14H,1-4H3. The van der Waals surface area contributed by atoms with Crippen LogP contribution in [0.2, 0.25) is 0 Å². The van der Waals surface area contributed by atoms with E-state index < -0.39 is 0 Å². The molecule has 0 aliphatic heterocycles. The van der Waals surface area contributed by atoms with Crippen LogP contribution < -0.4 is 5.32 Å². The van der Waals surface area contributed by atoms with E-state index in [0.29, 0.717) is 17.6 Å². The minimum Gasteiger partial charge on any atom is -0.472 e. The number of likely N-dealkylation sites (N-methyl/N-ethyl adjacent to an activating group) is 1. The van der Waals surface area contributed by atoms with Gasteiger partial charge >= 0.3 is 0 Å². The van der Waals surface area contributed by atoms with Crippen molar-refractivity contribution in [3.63, 3.8) is 0 Å². The maximum Gasteiger partial charge on any atom is 0.231 e. The maximum atomic E-state index is 5.39. The van der Waals surface area contributed by atoms with E-state index in [0.717, 1.165) is 5.56 Å². The fraction of sp³-hybridized carbons (Fsp3) is 0.538. The molecule has 0 saturated heterocycles. The lowest BCUT2D eigenvalue weighted by Gasteiger charge is -2.23. The van der Waals surface area contributed by atoms with Gasteiger partial charge in [-0.2, -0.15) is 4.98 Å². The molecule has 0 aliphatic rings. The predicted octanol–water partition coefficient (Wildman–Crippen LogP) is 2.68. The second-order valence-corrected chi connectivity index (χ2v) is 4.82. The molecule has 0 spiro atoms. The van der Waals surface area contributed by atoms with Crippen molar-refractivity contribution < 1.29 is 8.94 Å². The molecule has 18 heavy (non-hydrogen) atoms. The SMILES string of the molecule is CNC(C)C(c1nc(-c2ccoc2)no1)C(C)C. The van der Waals surface area contributed by atoms with Crippen LogP contribution in [0.4, 0.5) is 0 Å². The molecule has 0 saturated carbocycles. The molecule has 0 amide bonds. The van der Waals surface area contributed by atoms with E-state index in [1.807, 2.05) is 13.1 Å². The Kier molecular flexibility index (Phi) is 3.81. The second kappa shape index (κ2) is 5.35. The molecule has 0 radical (unpaired) electrons. The van der Waals surface area contributed by atoms with E-state index in [1.165, 1.54) is 0 Å². The van der Waals surface area contributed by atoms with Crippen molar-refractivity contribution in [2.24, 2.45) is 5.92 Å². The molecule has 1 N–H and O–H groups in total. The van der Waals surface area contributed by atoms with Gasteiger partial charge in [-0.1, -0.05) is 19.0 Å². The maximum absolute atomic E-state index is 5.39. The fourth-order valence-corrected chi connectivity index (χ4v) is 2.14. The summed E-state index contributed by atoms with van der Waals surface area (Å²) >= 11 is 0. The van der Waals surface area contributed by atoms with Gasteiger partial charge in [0.1, 0.15) is 6.26 Å². The molecule has 2 rings (SSSR count). The van der Waals surface area contributed by atoms with Crippen LogP contribution in [-0.2, 0) is 0 Å². The summed E-state index contributed by atoms with van der Waals surface area (Å²) in [5, 5.41) is 7.25. The first-order chi connectivity index (χ1) is 8.63. The van der Waals surface area contributed by atoms with Gasteiger partial charge in [0.05, 0.1) is 17.7 Å². The van der Waals surface area contributed by atoms with Gasteiger partial charge < -0.3 is 14.3 Å². The number of furan rings is 1. The predicted molar refractivity (Wildman–Crippen MR) is 68.1 cm³/mol. The quantitative estimate of drug-likeness (QED) is 0.882. The second-order valence-electron chi connectivity index (χ2n) is 4.82. The van der Waals surface area contributed by atoms with Gasteiger partial charge in [0.25, 0.3) is 0 Å². The Hall–Kier alpha value is -1.62. The third kappa shape index (κ3) is 2.46. The molecule has 2 atom stereocenters. The Balaban J connectivity index is 2.27. The molecule has 0 fully saturated rings. The first-order valence-electron chi connectivity index (χ1n) is 6.17. The summed E-state index contributed by atoms with van der Waals surface area (Å²) in [6.45, 7) is 6.42. The lowest BCUT2D eigenvalue weighted by atomic mass is 9.89. The summed E-state index contributed by atoms with van der Waals surface area (Å²) < 4.78 is 10.4. The molecule has 2 aromatic rings. The first kappa shape index (κ1) is 12.8. The zero-order chi connectivity index (χ0) is 13.1. The zero-order valence-electron chi connectivity index (χ0n) is 11.2. The molecule has 0 aromatic carbocycles. The zero-order valence-corrected chi connectivity index (χ0v) is 11.2. The van der Waals surface area contributed by atoms with Crippen LogP contribution in [0.15, 0.2) is 27.5 Å². The summed E-state index contributed by atoms with van der Waals surface area (Å²) in [5.74, 6) is 1.86. The molecule has 2 heterocycles. The monoisotopic (exact) mass is 249 g/mol. The van der Waals surface area contributed by atoms with Crippen molar-refractivity contribution >= 4 is 0 Å². The molecular weight excluding hydrogens is 230 g/mol. The smallest absolute Gasteiger partial charge is 0.231 e. The van der Waals surface area contributed by atoms with Crippen molar-refractivity contribution in [2.75, 3.05) is 7.05 Å². The van der Waals surface area contributed by atoms with Gasteiger partial charge in [0, 0.05) is 6.04 Å². The highest BCUT2D eigenvalue weighted by Gasteiger charge is 2.27. The van der Waals surface area contributed by atoms with Gasteiger partial charge in [-0.3, -0.25) is 0 Å². The highest BCUT2D eigenvalue weighted by molar-refractivity contribution is 5.51. The molecule has 2 unspecified atom stereocenters. The third-order valence-electron chi connectivity index (χ3n) is 3.22.